The molecule has 2 aliphatic heterocycles. The molecule has 0 saturated carbocycles. The third kappa shape index (κ3) is 2.46. The van der Waals surface area contributed by atoms with E-state index in [1.807, 2.05) is 23.3 Å². The van der Waals surface area contributed by atoms with E-state index in [1.165, 1.54) is 0 Å². The molecule has 0 aromatic carbocycles. The zero-order valence-electron chi connectivity index (χ0n) is 13.9. The van der Waals surface area contributed by atoms with Crippen molar-refractivity contribution >= 4 is 33.3 Å². The van der Waals surface area contributed by atoms with Crippen LogP contribution in [0.15, 0.2) is 11.4 Å². The van der Waals surface area contributed by atoms with E-state index < -0.39 is 0 Å². The van der Waals surface area contributed by atoms with Crippen molar-refractivity contribution in [1.29, 1.82) is 0 Å². The average Bonchev–Trinajstić information content (AvgIpc) is 3.19. The standard InChI is InChI=1S/C17H22N4O2S/c1-12-18-13-3-10-24-14(13)15(19-12)21-7-5-17(11-21)4-2-6-20(8-9-22)16(17)23/h3,10,22H,2,4-9,11H2,1H3/t17-/m0/s1. The van der Waals surface area contributed by atoms with Gasteiger partial charge in [-0.1, -0.05) is 0 Å². The van der Waals surface area contributed by atoms with Crippen LogP contribution in [0.5, 0.6) is 0 Å². The minimum atomic E-state index is -0.310. The van der Waals surface area contributed by atoms with Gasteiger partial charge in [-0.15, -0.1) is 11.3 Å². The molecule has 1 atom stereocenters. The molecule has 0 bridgehead atoms. The van der Waals surface area contributed by atoms with Crippen molar-refractivity contribution in [3.63, 3.8) is 0 Å². The van der Waals surface area contributed by atoms with Gasteiger partial charge < -0.3 is 14.9 Å². The fourth-order valence-electron chi connectivity index (χ4n) is 4.09. The molecule has 0 unspecified atom stereocenters. The fraction of sp³-hybridized carbons (Fsp3) is 0.588. The summed E-state index contributed by atoms with van der Waals surface area (Å²) in [6, 6.07) is 2.03. The smallest absolute Gasteiger partial charge is 0.230 e. The summed E-state index contributed by atoms with van der Waals surface area (Å²) in [4.78, 5) is 26.2. The van der Waals surface area contributed by atoms with Gasteiger partial charge in [-0.2, -0.15) is 0 Å². The van der Waals surface area contributed by atoms with Crippen molar-refractivity contribution in [2.24, 2.45) is 5.41 Å². The van der Waals surface area contributed by atoms with Crippen LogP contribution in [0, 0.1) is 12.3 Å². The quantitative estimate of drug-likeness (QED) is 0.918. The van der Waals surface area contributed by atoms with Crippen molar-refractivity contribution in [2.45, 2.75) is 26.2 Å². The van der Waals surface area contributed by atoms with E-state index >= 15 is 0 Å². The van der Waals surface area contributed by atoms with Gasteiger partial charge >= 0.3 is 0 Å². The number of hydrogen-bond acceptors (Lipinski definition) is 6. The molecule has 1 N–H and O–H groups in total. The average molecular weight is 346 g/mol. The van der Waals surface area contributed by atoms with Crippen LogP contribution < -0.4 is 4.90 Å². The van der Waals surface area contributed by atoms with E-state index in [4.69, 9.17) is 0 Å². The van der Waals surface area contributed by atoms with Gasteiger partial charge in [-0.05, 0) is 37.6 Å². The van der Waals surface area contributed by atoms with Gasteiger partial charge in [0.2, 0.25) is 5.91 Å². The highest BCUT2D eigenvalue weighted by Gasteiger charge is 2.48. The van der Waals surface area contributed by atoms with Crippen LogP contribution >= 0.6 is 11.3 Å². The van der Waals surface area contributed by atoms with Crippen molar-refractivity contribution in [3.8, 4) is 0 Å². The van der Waals surface area contributed by atoms with Crippen molar-refractivity contribution in [3.05, 3.63) is 17.3 Å². The van der Waals surface area contributed by atoms with E-state index in [-0.39, 0.29) is 17.9 Å². The second-order valence-corrected chi connectivity index (χ2v) is 7.72. The molecule has 2 aromatic heterocycles. The Morgan fingerprint density at radius 3 is 3.04 bits per heavy atom. The summed E-state index contributed by atoms with van der Waals surface area (Å²) in [5.74, 6) is 1.95. The molecule has 2 fully saturated rings. The number of aliphatic hydroxyl groups excluding tert-OH is 1. The predicted molar refractivity (Wildman–Crippen MR) is 94.3 cm³/mol. The number of amides is 1. The van der Waals surface area contributed by atoms with Crippen LogP contribution in [-0.4, -0.2) is 58.7 Å². The van der Waals surface area contributed by atoms with Crippen LogP contribution in [-0.2, 0) is 4.79 Å². The Hall–Kier alpha value is -1.73. The van der Waals surface area contributed by atoms with E-state index in [0.29, 0.717) is 6.54 Å². The highest BCUT2D eigenvalue weighted by atomic mass is 32.1. The number of piperidine rings is 1. The highest BCUT2D eigenvalue weighted by Crippen LogP contribution is 2.42. The first-order valence-electron chi connectivity index (χ1n) is 8.50. The maximum atomic E-state index is 13.0. The Morgan fingerprint density at radius 1 is 1.33 bits per heavy atom. The topological polar surface area (TPSA) is 69.6 Å². The number of β-amino-alcohol motifs (C(OH)–C–C–N with tert-alkyl or cyclic N) is 1. The molecule has 2 aliphatic rings. The lowest BCUT2D eigenvalue weighted by Gasteiger charge is -2.39. The van der Waals surface area contributed by atoms with Gasteiger partial charge in [0.05, 0.1) is 22.2 Å². The first-order valence-corrected chi connectivity index (χ1v) is 9.38. The molecule has 0 aliphatic carbocycles. The third-order valence-electron chi connectivity index (χ3n) is 5.24. The Balaban J connectivity index is 1.64. The van der Waals surface area contributed by atoms with Gasteiger partial charge in [-0.25, -0.2) is 9.97 Å². The minimum absolute atomic E-state index is 0.0342. The number of nitrogens with zero attached hydrogens (tertiary/aromatic N) is 4. The molecule has 7 heteroatoms. The number of aryl methyl sites for hydroxylation is 1. The van der Waals surface area contributed by atoms with Gasteiger partial charge in [0.1, 0.15) is 11.6 Å². The van der Waals surface area contributed by atoms with Crippen molar-refractivity contribution in [1.82, 2.24) is 14.9 Å². The van der Waals surface area contributed by atoms with E-state index in [9.17, 15) is 9.90 Å². The lowest BCUT2D eigenvalue weighted by Crippen LogP contribution is -2.50. The number of fused-ring (bicyclic) bond motifs is 1. The van der Waals surface area contributed by atoms with Gasteiger partial charge in [-0.3, -0.25) is 4.79 Å². The molecule has 4 heterocycles. The van der Waals surface area contributed by atoms with Crippen LogP contribution in [0.25, 0.3) is 10.2 Å². The summed E-state index contributed by atoms with van der Waals surface area (Å²) in [5, 5.41) is 11.2. The van der Waals surface area contributed by atoms with Crippen LogP contribution in [0.2, 0.25) is 0 Å². The van der Waals surface area contributed by atoms with Gasteiger partial charge in [0.25, 0.3) is 0 Å². The second-order valence-electron chi connectivity index (χ2n) is 6.80. The summed E-state index contributed by atoms with van der Waals surface area (Å²) >= 11 is 1.66. The number of aromatic nitrogens is 2. The van der Waals surface area contributed by atoms with Crippen LogP contribution in [0.3, 0.4) is 0 Å². The molecular formula is C17H22N4O2S. The lowest BCUT2D eigenvalue weighted by molar-refractivity contribution is -0.145. The highest BCUT2D eigenvalue weighted by molar-refractivity contribution is 7.17. The molecular weight excluding hydrogens is 324 g/mol. The molecule has 24 heavy (non-hydrogen) atoms. The van der Waals surface area contributed by atoms with Gasteiger partial charge in [0, 0.05) is 26.2 Å². The molecule has 1 amide bonds. The molecule has 2 saturated heterocycles. The number of aliphatic hydroxyl groups is 1. The molecule has 2 aromatic rings. The zero-order chi connectivity index (χ0) is 16.7. The molecule has 6 nitrogen and oxygen atoms in total. The third-order valence-corrected chi connectivity index (χ3v) is 6.14. The minimum Gasteiger partial charge on any atom is -0.395 e. The van der Waals surface area contributed by atoms with E-state index in [0.717, 1.165) is 60.8 Å². The monoisotopic (exact) mass is 346 g/mol. The Kier molecular flexibility index (Phi) is 3.92. The number of carbonyl (C=O) groups is 1. The van der Waals surface area contributed by atoms with Crippen molar-refractivity contribution in [2.75, 3.05) is 37.7 Å². The molecule has 0 radical (unpaired) electrons. The largest absolute Gasteiger partial charge is 0.395 e. The number of rotatable bonds is 3. The summed E-state index contributed by atoms with van der Waals surface area (Å²) in [7, 11) is 0. The maximum absolute atomic E-state index is 13.0. The van der Waals surface area contributed by atoms with Crippen LogP contribution in [0.1, 0.15) is 25.1 Å². The Bertz CT molecular complexity index is 775. The Morgan fingerprint density at radius 2 is 2.21 bits per heavy atom. The summed E-state index contributed by atoms with van der Waals surface area (Å²) in [5.41, 5.74) is 0.677. The van der Waals surface area contributed by atoms with E-state index in [2.05, 4.69) is 14.9 Å². The summed E-state index contributed by atoms with van der Waals surface area (Å²) in [6.07, 6.45) is 2.81. The van der Waals surface area contributed by atoms with Crippen molar-refractivity contribution < 1.29 is 9.90 Å². The number of thiophene rings is 1. The first kappa shape index (κ1) is 15.8. The number of likely N-dealkylation sites (tertiary alicyclic amines) is 1. The van der Waals surface area contributed by atoms with Crippen LogP contribution in [0.4, 0.5) is 5.82 Å². The molecule has 128 valence electrons. The zero-order valence-corrected chi connectivity index (χ0v) is 14.7. The van der Waals surface area contributed by atoms with E-state index in [1.54, 1.807) is 11.3 Å². The predicted octanol–water partition coefficient (Wildman–Crippen LogP) is 1.81. The lowest BCUT2D eigenvalue weighted by atomic mass is 9.78. The number of anilines is 1. The fourth-order valence-corrected chi connectivity index (χ4v) is 4.94. The summed E-state index contributed by atoms with van der Waals surface area (Å²) in [6.45, 7) is 4.73. The number of hydrogen-bond donors (Lipinski definition) is 1. The Labute approximate surface area is 145 Å². The molecule has 4 rings (SSSR count). The summed E-state index contributed by atoms with van der Waals surface area (Å²) < 4.78 is 1.10. The maximum Gasteiger partial charge on any atom is 0.230 e. The second kappa shape index (κ2) is 5.97. The first-order chi connectivity index (χ1) is 11.6. The van der Waals surface area contributed by atoms with Gasteiger partial charge in [0.15, 0.2) is 0 Å². The SMILES string of the molecule is Cc1nc(N2CC[C@@]3(CCCN(CCO)C3=O)C2)c2sccc2n1. The number of carbonyl (C=O) groups excluding carboxylic acids is 1. The molecule has 1 spiro atoms. The normalized spacial score (nSPS) is 24.5.